The van der Waals surface area contributed by atoms with Gasteiger partial charge in [-0.25, -0.2) is 0 Å². The van der Waals surface area contributed by atoms with Crippen molar-refractivity contribution < 1.29 is 14.3 Å². The number of hydrogen-bond acceptors (Lipinski definition) is 5. The Bertz CT molecular complexity index is 632. The van der Waals surface area contributed by atoms with Crippen molar-refractivity contribution in [1.82, 2.24) is 4.98 Å². The highest BCUT2D eigenvalue weighted by atomic mass is 32.2. The van der Waals surface area contributed by atoms with E-state index in [1.165, 1.54) is 43.2 Å². The van der Waals surface area contributed by atoms with Crippen molar-refractivity contribution >= 4 is 17.5 Å². The maximum atomic E-state index is 12.7. The van der Waals surface area contributed by atoms with Gasteiger partial charge in [0, 0.05) is 31.3 Å². The van der Waals surface area contributed by atoms with Crippen molar-refractivity contribution in [2.45, 2.75) is 71.3 Å². The zero-order valence-electron chi connectivity index (χ0n) is 18.3. The topological polar surface area (TPSA) is 48.4 Å². The third kappa shape index (κ3) is 6.57. The number of ether oxygens (including phenoxy) is 2. The lowest BCUT2D eigenvalue weighted by Crippen LogP contribution is -2.50. The summed E-state index contributed by atoms with van der Waals surface area (Å²) >= 11 is 1.73. The van der Waals surface area contributed by atoms with E-state index in [-0.39, 0.29) is 18.5 Å². The van der Waals surface area contributed by atoms with Crippen molar-refractivity contribution in [3.8, 4) is 0 Å². The third-order valence-corrected chi connectivity index (χ3v) is 6.80. The first-order valence-electron chi connectivity index (χ1n) is 10.5. The monoisotopic (exact) mass is 407 g/mol. The number of hydrogen-bond donors (Lipinski definition) is 0. The van der Waals surface area contributed by atoms with Gasteiger partial charge in [0.15, 0.2) is 5.78 Å². The second-order valence-electron chi connectivity index (χ2n) is 8.32. The molecule has 4 nitrogen and oxygen atoms in total. The predicted molar refractivity (Wildman–Crippen MR) is 117 cm³/mol. The summed E-state index contributed by atoms with van der Waals surface area (Å²) in [7, 11) is 1.59. The summed E-state index contributed by atoms with van der Waals surface area (Å²) in [4.78, 5) is 17.4. The summed E-state index contributed by atoms with van der Waals surface area (Å²) < 4.78 is 11.2. The first kappa shape index (κ1) is 23.4. The normalized spacial score (nSPS) is 17.3. The van der Waals surface area contributed by atoms with Gasteiger partial charge >= 0.3 is 0 Å². The summed E-state index contributed by atoms with van der Waals surface area (Å²) in [5, 5.41) is 0. The molecule has 1 saturated carbocycles. The van der Waals surface area contributed by atoms with Gasteiger partial charge in [-0.15, -0.1) is 0 Å². The lowest BCUT2D eigenvalue weighted by Gasteiger charge is -2.36. The van der Waals surface area contributed by atoms with Crippen LogP contribution in [0.5, 0.6) is 0 Å². The van der Waals surface area contributed by atoms with E-state index in [0.29, 0.717) is 6.42 Å². The minimum Gasteiger partial charge on any atom is -0.359 e. The Balaban J connectivity index is 2.14. The second kappa shape index (κ2) is 11.3. The Hall–Kier alpha value is -0.910. The van der Waals surface area contributed by atoms with Crippen LogP contribution >= 0.6 is 11.8 Å². The molecule has 0 saturated heterocycles. The van der Waals surface area contributed by atoms with Gasteiger partial charge in [0.2, 0.25) is 0 Å². The average molecular weight is 408 g/mol. The molecule has 1 aromatic heterocycles. The van der Waals surface area contributed by atoms with E-state index in [0.717, 1.165) is 23.8 Å². The fourth-order valence-corrected chi connectivity index (χ4v) is 4.66. The second-order valence-corrected chi connectivity index (χ2v) is 9.23. The Kier molecular flexibility index (Phi) is 9.45. The highest BCUT2D eigenvalue weighted by Crippen LogP contribution is 2.34. The Morgan fingerprint density at radius 2 is 2.14 bits per heavy atom. The van der Waals surface area contributed by atoms with E-state index >= 15 is 0 Å². The van der Waals surface area contributed by atoms with Crippen molar-refractivity contribution in [1.29, 1.82) is 0 Å². The summed E-state index contributed by atoms with van der Waals surface area (Å²) in [5.74, 6) is 1.96. The molecule has 158 valence electrons. The van der Waals surface area contributed by atoms with E-state index in [2.05, 4.69) is 31.2 Å². The fraction of sp³-hybridized carbons (Fsp3) is 0.739. The number of nitrogens with zero attached hydrogens (tertiary/aromatic N) is 1. The Morgan fingerprint density at radius 3 is 2.75 bits per heavy atom. The lowest BCUT2D eigenvalue weighted by atomic mass is 9.81. The highest BCUT2D eigenvalue weighted by molar-refractivity contribution is 7.98. The van der Waals surface area contributed by atoms with Crippen molar-refractivity contribution in [3.05, 3.63) is 29.1 Å². The largest absolute Gasteiger partial charge is 0.359 e. The molecule has 0 N–H and O–H groups in total. The molecule has 5 heteroatoms. The summed E-state index contributed by atoms with van der Waals surface area (Å²) in [6.07, 6.45) is 12.4. The molecule has 1 aliphatic carbocycles. The zero-order chi connectivity index (χ0) is 20.6. The molecule has 1 aliphatic rings. The number of rotatable bonds is 14. The molecule has 0 amide bonds. The van der Waals surface area contributed by atoms with Gasteiger partial charge in [-0.2, -0.15) is 11.8 Å². The van der Waals surface area contributed by atoms with Crippen molar-refractivity contribution in [2.24, 2.45) is 11.8 Å². The Labute approximate surface area is 175 Å². The molecule has 0 radical (unpaired) electrons. The molecular formula is C23H37NO3S. The molecule has 1 heterocycles. The molecule has 1 fully saturated rings. The van der Waals surface area contributed by atoms with Crippen LogP contribution in [-0.4, -0.2) is 42.3 Å². The minimum atomic E-state index is -0.898. The number of aromatic nitrogens is 1. The third-order valence-electron chi connectivity index (χ3n) is 5.96. The molecule has 0 aromatic carbocycles. The maximum Gasteiger partial charge on any atom is 0.162 e. The maximum absolute atomic E-state index is 12.7. The van der Waals surface area contributed by atoms with Crippen LogP contribution in [-0.2, 0) is 27.1 Å². The highest BCUT2D eigenvalue weighted by Gasteiger charge is 2.42. The predicted octanol–water partition coefficient (Wildman–Crippen LogP) is 5.00. The van der Waals surface area contributed by atoms with Crippen LogP contribution in [0.25, 0.3) is 0 Å². The molecular weight excluding hydrogens is 370 g/mol. The van der Waals surface area contributed by atoms with Gasteiger partial charge in [-0.05, 0) is 61.8 Å². The van der Waals surface area contributed by atoms with Crippen LogP contribution in [0.2, 0.25) is 0 Å². The molecule has 0 spiro atoms. The number of unbranched alkanes of at least 4 members (excludes halogenated alkanes) is 1. The lowest BCUT2D eigenvalue weighted by molar-refractivity contribution is -0.171. The first-order chi connectivity index (χ1) is 13.4. The van der Waals surface area contributed by atoms with Gasteiger partial charge in [0.1, 0.15) is 12.4 Å². The van der Waals surface area contributed by atoms with Gasteiger partial charge in [-0.3, -0.25) is 9.78 Å². The summed E-state index contributed by atoms with van der Waals surface area (Å²) in [5.41, 5.74) is 2.62. The number of ketones is 1. The van der Waals surface area contributed by atoms with Gasteiger partial charge in [-0.1, -0.05) is 32.6 Å². The number of aryl methyl sites for hydroxylation is 2. The van der Waals surface area contributed by atoms with Crippen LogP contribution < -0.4 is 0 Å². The number of methoxy groups -OCH3 is 1. The first-order valence-corrected chi connectivity index (χ1v) is 11.9. The molecule has 0 aliphatic heterocycles. The number of pyridine rings is 1. The van der Waals surface area contributed by atoms with Crippen LogP contribution in [0.4, 0.5) is 0 Å². The number of carbonyl (C=O) groups excluding carboxylic acids is 1. The van der Waals surface area contributed by atoms with E-state index in [9.17, 15) is 4.79 Å². The zero-order valence-corrected chi connectivity index (χ0v) is 19.1. The van der Waals surface area contributed by atoms with Crippen LogP contribution in [0.15, 0.2) is 12.3 Å². The molecule has 28 heavy (non-hydrogen) atoms. The summed E-state index contributed by atoms with van der Waals surface area (Å²) in [6.45, 7) is 5.95. The average Bonchev–Trinajstić information content (AvgIpc) is 3.48. The molecule has 2 atom stereocenters. The van der Waals surface area contributed by atoms with Crippen LogP contribution in [0.3, 0.4) is 0 Å². The molecule has 2 rings (SSSR count). The quantitative estimate of drug-likeness (QED) is 0.321. The van der Waals surface area contributed by atoms with E-state index < -0.39 is 5.60 Å². The van der Waals surface area contributed by atoms with Crippen molar-refractivity contribution in [2.75, 3.05) is 25.9 Å². The molecule has 1 aromatic rings. The molecule has 0 bridgehead atoms. The van der Waals surface area contributed by atoms with Crippen LogP contribution in [0.1, 0.15) is 62.8 Å². The van der Waals surface area contributed by atoms with Crippen molar-refractivity contribution in [3.63, 3.8) is 0 Å². The van der Waals surface area contributed by atoms with E-state index in [1.54, 1.807) is 25.8 Å². The number of Topliss-reactive ketones (excluding diaryl/α,β-unsaturated/α-hetero) is 1. The number of thioether (sulfide) groups is 1. The standard InChI is InChI=1S/C23H37NO3S/c1-17-14-24-22(12-21(17)9-7-6-8-20-10-11-20)13-23(19(3)25,27-16-26-4)18(2)15-28-5/h12,14,18,20H,6-11,13,15-16H2,1-5H3/t18-,23+/m0/s1. The Morgan fingerprint density at radius 1 is 1.39 bits per heavy atom. The van der Waals surface area contributed by atoms with E-state index in [1.807, 2.05) is 6.20 Å². The molecule has 0 unspecified atom stereocenters. The SMILES string of the molecule is COCO[C@@](Cc1cc(CCCCC2CC2)c(C)cn1)(C(C)=O)[C@@H](C)CSC. The van der Waals surface area contributed by atoms with Gasteiger partial charge < -0.3 is 9.47 Å². The van der Waals surface area contributed by atoms with Gasteiger partial charge in [0.25, 0.3) is 0 Å². The smallest absolute Gasteiger partial charge is 0.162 e. The van der Waals surface area contributed by atoms with E-state index in [4.69, 9.17) is 9.47 Å². The minimum absolute atomic E-state index is 0.0412. The summed E-state index contributed by atoms with van der Waals surface area (Å²) in [6, 6.07) is 2.19. The van der Waals surface area contributed by atoms with Crippen LogP contribution in [0, 0.1) is 18.8 Å². The fourth-order valence-electron chi connectivity index (χ4n) is 3.89. The van der Waals surface area contributed by atoms with Gasteiger partial charge in [0.05, 0.1) is 0 Å². The number of carbonyl (C=O) groups is 1.